The predicted octanol–water partition coefficient (Wildman–Crippen LogP) is 3.95. The summed E-state index contributed by atoms with van der Waals surface area (Å²) in [7, 11) is 1.63. The van der Waals surface area contributed by atoms with Crippen LogP contribution in [0.15, 0.2) is 52.5 Å². The highest BCUT2D eigenvalue weighted by molar-refractivity contribution is 9.10. The highest BCUT2D eigenvalue weighted by Crippen LogP contribution is 2.29. The molecule has 1 aliphatic heterocycles. The number of methoxy groups -OCH3 is 1. The van der Waals surface area contributed by atoms with Crippen molar-refractivity contribution in [1.82, 2.24) is 5.32 Å². The van der Waals surface area contributed by atoms with Gasteiger partial charge >= 0.3 is 0 Å². The summed E-state index contributed by atoms with van der Waals surface area (Å²) < 4.78 is 12.0. The van der Waals surface area contributed by atoms with Crippen LogP contribution in [0.3, 0.4) is 0 Å². The number of hydrogen-bond acceptors (Lipinski definition) is 4. The zero-order valence-electron chi connectivity index (χ0n) is 14.3. The average molecular weight is 404 g/mol. The van der Waals surface area contributed by atoms with Gasteiger partial charge in [-0.25, -0.2) is 0 Å². The van der Waals surface area contributed by atoms with Gasteiger partial charge in [0.1, 0.15) is 18.1 Å². The maximum absolute atomic E-state index is 10.5. The minimum Gasteiger partial charge on any atom is -0.497 e. The van der Waals surface area contributed by atoms with E-state index in [0.29, 0.717) is 13.2 Å². The lowest BCUT2D eigenvalue weighted by Gasteiger charge is -2.23. The van der Waals surface area contributed by atoms with Gasteiger partial charge < -0.3 is 19.9 Å². The van der Waals surface area contributed by atoms with E-state index < -0.39 is 6.10 Å². The smallest absolute Gasteiger partial charge is 0.127 e. The van der Waals surface area contributed by atoms with Crippen LogP contribution in [0.2, 0.25) is 0 Å². The van der Waals surface area contributed by atoms with Gasteiger partial charge in [-0.05, 0) is 54.5 Å². The molecule has 2 aromatic carbocycles. The Balaban J connectivity index is 1.60. The van der Waals surface area contributed by atoms with Crippen LogP contribution < -0.4 is 14.8 Å². The molecule has 1 aliphatic rings. The quantitative estimate of drug-likeness (QED) is 0.766. The molecule has 1 heterocycles. The molecule has 25 heavy (non-hydrogen) atoms. The summed E-state index contributed by atoms with van der Waals surface area (Å²) in [6.45, 7) is 3.21. The standard InChI is InChI=1S/C20H22BrNO3/c1-13(20(23)15-3-6-18(24-2)7-4-15)22-11-14-9-16-10-17(21)5-8-19(16)25-12-14/h3-10,13,20,22-23H,11-12H2,1-2H3/t13-,20-/m0/s1. The van der Waals surface area contributed by atoms with E-state index >= 15 is 0 Å². The Labute approximate surface area is 156 Å². The molecule has 2 N–H and O–H groups in total. The Kier molecular flexibility index (Phi) is 5.78. The van der Waals surface area contributed by atoms with Crippen LogP contribution in [0.4, 0.5) is 0 Å². The molecule has 0 radical (unpaired) electrons. The molecule has 0 amide bonds. The summed E-state index contributed by atoms with van der Waals surface area (Å²) in [5, 5.41) is 13.9. The Morgan fingerprint density at radius 3 is 2.72 bits per heavy atom. The summed E-state index contributed by atoms with van der Waals surface area (Å²) in [5.41, 5.74) is 3.09. The lowest BCUT2D eigenvalue weighted by atomic mass is 10.0. The third-order valence-electron chi connectivity index (χ3n) is 4.33. The van der Waals surface area contributed by atoms with Crippen LogP contribution in [0.25, 0.3) is 6.08 Å². The Morgan fingerprint density at radius 2 is 2.00 bits per heavy atom. The lowest BCUT2D eigenvalue weighted by molar-refractivity contribution is 0.137. The maximum atomic E-state index is 10.5. The fourth-order valence-electron chi connectivity index (χ4n) is 2.79. The van der Waals surface area contributed by atoms with Crippen molar-refractivity contribution in [3.63, 3.8) is 0 Å². The monoisotopic (exact) mass is 403 g/mol. The highest BCUT2D eigenvalue weighted by Gasteiger charge is 2.18. The number of halogens is 1. The predicted molar refractivity (Wildman–Crippen MR) is 103 cm³/mol. The molecule has 0 spiro atoms. The van der Waals surface area contributed by atoms with E-state index in [-0.39, 0.29) is 6.04 Å². The number of fused-ring (bicyclic) bond motifs is 1. The van der Waals surface area contributed by atoms with E-state index in [1.54, 1.807) is 7.11 Å². The molecular weight excluding hydrogens is 382 g/mol. The molecule has 0 unspecified atom stereocenters. The molecule has 5 heteroatoms. The van der Waals surface area contributed by atoms with Crippen LogP contribution >= 0.6 is 15.9 Å². The largest absolute Gasteiger partial charge is 0.497 e. The Morgan fingerprint density at radius 1 is 1.24 bits per heavy atom. The Hall–Kier alpha value is -1.82. The third kappa shape index (κ3) is 4.42. The summed E-state index contributed by atoms with van der Waals surface area (Å²) in [6, 6.07) is 13.4. The molecule has 0 aromatic heterocycles. The normalized spacial score (nSPS) is 15.6. The van der Waals surface area contributed by atoms with E-state index in [1.165, 1.54) is 0 Å². The molecule has 2 atom stereocenters. The van der Waals surface area contributed by atoms with Gasteiger partial charge in [0.25, 0.3) is 0 Å². The molecule has 0 bridgehead atoms. The van der Waals surface area contributed by atoms with E-state index in [9.17, 15) is 5.11 Å². The second-order valence-electron chi connectivity index (χ2n) is 6.16. The van der Waals surface area contributed by atoms with Crippen molar-refractivity contribution in [3.8, 4) is 11.5 Å². The van der Waals surface area contributed by atoms with E-state index in [2.05, 4.69) is 27.3 Å². The van der Waals surface area contributed by atoms with Crippen molar-refractivity contribution < 1.29 is 14.6 Å². The van der Waals surface area contributed by atoms with E-state index in [1.807, 2.05) is 49.4 Å². The summed E-state index contributed by atoms with van der Waals surface area (Å²) >= 11 is 3.49. The second kappa shape index (κ2) is 8.04. The number of hydrogen-bond donors (Lipinski definition) is 2. The minimum atomic E-state index is -0.586. The van der Waals surface area contributed by atoms with Gasteiger partial charge in [0, 0.05) is 22.6 Å². The molecule has 3 rings (SSSR count). The van der Waals surface area contributed by atoms with Crippen molar-refractivity contribution in [2.45, 2.75) is 19.1 Å². The first-order chi connectivity index (χ1) is 12.1. The molecular formula is C20H22BrNO3. The first-order valence-corrected chi connectivity index (χ1v) is 9.03. The van der Waals surface area contributed by atoms with Crippen LogP contribution in [0, 0.1) is 0 Å². The SMILES string of the molecule is COc1ccc([C@@H](O)[C@H](C)NCC2=Cc3cc(Br)ccc3OC2)cc1. The van der Waals surface area contributed by atoms with Gasteiger partial charge in [-0.1, -0.05) is 28.1 Å². The summed E-state index contributed by atoms with van der Waals surface area (Å²) in [6.07, 6.45) is 1.56. The molecule has 132 valence electrons. The molecule has 4 nitrogen and oxygen atoms in total. The van der Waals surface area contributed by atoms with Gasteiger partial charge in [0.05, 0.1) is 13.2 Å². The first kappa shape index (κ1) is 18.0. The van der Waals surface area contributed by atoms with E-state index in [4.69, 9.17) is 9.47 Å². The van der Waals surface area contributed by atoms with Crippen molar-refractivity contribution in [2.75, 3.05) is 20.3 Å². The number of aliphatic hydroxyl groups excluding tert-OH is 1. The van der Waals surface area contributed by atoms with E-state index in [0.717, 1.165) is 32.7 Å². The number of ether oxygens (including phenoxy) is 2. The van der Waals surface area contributed by atoms with Crippen molar-refractivity contribution in [3.05, 3.63) is 63.6 Å². The van der Waals surface area contributed by atoms with Crippen molar-refractivity contribution >= 4 is 22.0 Å². The van der Waals surface area contributed by atoms with Crippen LogP contribution in [-0.2, 0) is 0 Å². The van der Waals surface area contributed by atoms with Crippen LogP contribution in [0.5, 0.6) is 11.5 Å². The lowest BCUT2D eigenvalue weighted by Crippen LogP contribution is -2.34. The van der Waals surface area contributed by atoms with Gasteiger partial charge in [-0.3, -0.25) is 0 Å². The van der Waals surface area contributed by atoms with Gasteiger partial charge in [-0.2, -0.15) is 0 Å². The summed E-state index contributed by atoms with van der Waals surface area (Å²) in [4.78, 5) is 0. The average Bonchev–Trinajstić information content (AvgIpc) is 2.65. The number of nitrogens with one attached hydrogen (secondary N) is 1. The molecule has 0 saturated heterocycles. The zero-order chi connectivity index (χ0) is 17.8. The van der Waals surface area contributed by atoms with Crippen molar-refractivity contribution in [2.24, 2.45) is 0 Å². The number of aliphatic hydroxyl groups is 1. The molecule has 0 fully saturated rings. The zero-order valence-corrected chi connectivity index (χ0v) is 15.9. The molecule has 0 aliphatic carbocycles. The fraction of sp³-hybridized carbons (Fsp3) is 0.300. The van der Waals surface area contributed by atoms with Crippen molar-refractivity contribution in [1.29, 1.82) is 0 Å². The molecule has 0 saturated carbocycles. The third-order valence-corrected chi connectivity index (χ3v) is 4.82. The topological polar surface area (TPSA) is 50.7 Å². The first-order valence-electron chi connectivity index (χ1n) is 8.24. The van der Waals surface area contributed by atoms with Gasteiger partial charge in [-0.15, -0.1) is 0 Å². The molecule has 2 aromatic rings. The van der Waals surface area contributed by atoms with Gasteiger partial charge in [0.2, 0.25) is 0 Å². The Bertz CT molecular complexity index is 758. The maximum Gasteiger partial charge on any atom is 0.127 e. The summed E-state index contributed by atoms with van der Waals surface area (Å²) in [5.74, 6) is 1.68. The van der Waals surface area contributed by atoms with Crippen LogP contribution in [0.1, 0.15) is 24.2 Å². The number of rotatable bonds is 6. The van der Waals surface area contributed by atoms with Crippen LogP contribution in [-0.4, -0.2) is 31.4 Å². The van der Waals surface area contributed by atoms with Gasteiger partial charge in [0.15, 0.2) is 0 Å². The minimum absolute atomic E-state index is 0.0850. The number of benzene rings is 2. The highest BCUT2D eigenvalue weighted by atomic mass is 79.9. The second-order valence-corrected chi connectivity index (χ2v) is 7.08. The fourth-order valence-corrected chi connectivity index (χ4v) is 3.17.